The van der Waals surface area contributed by atoms with Crippen molar-refractivity contribution in [2.45, 2.75) is 44.9 Å². The molecule has 1 aliphatic heterocycles. The number of unbranched alkanes of at least 4 members (excludes halogenated alkanes) is 3. The van der Waals surface area contributed by atoms with Crippen molar-refractivity contribution in [2.75, 3.05) is 25.0 Å². The van der Waals surface area contributed by atoms with Crippen LogP contribution in [-0.2, 0) is 9.59 Å². The van der Waals surface area contributed by atoms with Crippen LogP contribution in [-0.4, -0.2) is 41.3 Å². The zero-order valence-electron chi connectivity index (χ0n) is 15.4. The lowest BCUT2D eigenvalue weighted by Crippen LogP contribution is -2.41. The largest absolute Gasteiger partial charge is 0.343 e. The van der Waals surface area contributed by atoms with Gasteiger partial charge in [-0.25, -0.2) is 4.98 Å². The highest BCUT2D eigenvalue weighted by Gasteiger charge is 2.27. The highest BCUT2D eigenvalue weighted by Crippen LogP contribution is 2.20. The number of piperidine rings is 1. The normalized spacial score (nSPS) is 14.1. The number of halogens is 3. The number of nitrogens with zero attached hydrogens (tertiary/aromatic N) is 2. The van der Waals surface area contributed by atoms with Crippen molar-refractivity contribution >= 4 is 54.0 Å². The number of carbonyl (C=O) groups is 2. The van der Waals surface area contributed by atoms with Gasteiger partial charge in [-0.15, -0.1) is 24.8 Å². The van der Waals surface area contributed by atoms with Crippen molar-refractivity contribution in [1.29, 1.82) is 0 Å². The summed E-state index contributed by atoms with van der Waals surface area (Å²) in [6.45, 7) is 2.01. The Kier molecular flexibility index (Phi) is 13.4. The SMILES string of the molecule is Cl.Cl.NCCCCCCC(=O)N1CCC(C(=O)Nc2ccc(Cl)cn2)CC1. The van der Waals surface area contributed by atoms with Crippen LogP contribution >= 0.6 is 36.4 Å². The average Bonchev–Trinajstić information content (AvgIpc) is 2.63. The Bertz CT molecular complexity index is 564. The van der Waals surface area contributed by atoms with E-state index in [0.717, 1.165) is 32.2 Å². The van der Waals surface area contributed by atoms with Crippen LogP contribution in [0.2, 0.25) is 5.02 Å². The van der Waals surface area contributed by atoms with E-state index in [1.807, 2.05) is 4.90 Å². The van der Waals surface area contributed by atoms with Gasteiger partial charge in [-0.3, -0.25) is 9.59 Å². The second kappa shape index (κ2) is 14.0. The number of amides is 2. The topological polar surface area (TPSA) is 88.3 Å². The molecule has 6 nitrogen and oxygen atoms in total. The van der Waals surface area contributed by atoms with E-state index in [9.17, 15) is 9.59 Å². The van der Waals surface area contributed by atoms with Crippen molar-refractivity contribution in [3.8, 4) is 0 Å². The number of carbonyl (C=O) groups excluding carboxylic acids is 2. The first kappa shape index (κ1) is 25.9. The molecule has 1 aliphatic rings. The van der Waals surface area contributed by atoms with Gasteiger partial charge in [0.05, 0.1) is 5.02 Å². The second-order valence-electron chi connectivity index (χ2n) is 6.46. The van der Waals surface area contributed by atoms with E-state index in [-0.39, 0.29) is 42.5 Å². The van der Waals surface area contributed by atoms with Crippen LogP contribution in [0.4, 0.5) is 5.82 Å². The standard InChI is InChI=1S/C18H27ClN4O2.2ClH/c19-15-6-7-16(21-13-15)22-18(25)14-8-11-23(12-9-14)17(24)5-3-1-2-4-10-20;;/h6-7,13-14H,1-5,8-12,20H2,(H,21,22,25);2*1H. The molecule has 0 spiro atoms. The summed E-state index contributed by atoms with van der Waals surface area (Å²) in [7, 11) is 0. The molecule has 1 saturated heterocycles. The monoisotopic (exact) mass is 438 g/mol. The molecule has 1 fully saturated rings. The van der Waals surface area contributed by atoms with E-state index >= 15 is 0 Å². The first-order chi connectivity index (χ1) is 12.1. The summed E-state index contributed by atoms with van der Waals surface area (Å²) in [6, 6.07) is 3.38. The molecule has 0 aliphatic carbocycles. The molecule has 0 atom stereocenters. The maximum absolute atomic E-state index is 12.3. The maximum Gasteiger partial charge on any atom is 0.228 e. The third-order valence-corrected chi connectivity index (χ3v) is 4.77. The van der Waals surface area contributed by atoms with Crippen LogP contribution in [0.3, 0.4) is 0 Å². The average molecular weight is 440 g/mol. The van der Waals surface area contributed by atoms with E-state index in [4.69, 9.17) is 17.3 Å². The van der Waals surface area contributed by atoms with Gasteiger partial charge in [0.2, 0.25) is 11.8 Å². The van der Waals surface area contributed by atoms with Crippen molar-refractivity contribution in [3.63, 3.8) is 0 Å². The Balaban J connectivity index is 0.00000338. The summed E-state index contributed by atoms with van der Waals surface area (Å²) in [6.07, 6.45) is 7.57. The number of nitrogens with one attached hydrogen (secondary N) is 1. The fourth-order valence-electron chi connectivity index (χ4n) is 3.00. The van der Waals surface area contributed by atoms with Gasteiger partial charge < -0.3 is 16.0 Å². The quantitative estimate of drug-likeness (QED) is 0.605. The highest BCUT2D eigenvalue weighted by atomic mass is 35.5. The second-order valence-corrected chi connectivity index (χ2v) is 6.90. The molecule has 0 saturated carbocycles. The fourth-order valence-corrected chi connectivity index (χ4v) is 3.11. The smallest absolute Gasteiger partial charge is 0.228 e. The third-order valence-electron chi connectivity index (χ3n) is 4.54. The lowest BCUT2D eigenvalue weighted by Gasteiger charge is -2.31. The van der Waals surface area contributed by atoms with Gasteiger partial charge in [0.25, 0.3) is 0 Å². The van der Waals surface area contributed by atoms with Crippen LogP contribution in [0.25, 0.3) is 0 Å². The van der Waals surface area contributed by atoms with Crippen molar-refractivity contribution in [3.05, 3.63) is 23.4 Å². The summed E-state index contributed by atoms with van der Waals surface area (Å²) in [5, 5.41) is 3.35. The van der Waals surface area contributed by atoms with Gasteiger partial charge >= 0.3 is 0 Å². The Morgan fingerprint density at radius 3 is 2.41 bits per heavy atom. The minimum atomic E-state index is -0.0777. The predicted octanol–water partition coefficient (Wildman–Crippen LogP) is 3.66. The molecule has 1 aromatic heterocycles. The fraction of sp³-hybridized carbons (Fsp3) is 0.611. The van der Waals surface area contributed by atoms with Gasteiger partial charge in [-0.2, -0.15) is 0 Å². The minimum absolute atomic E-state index is 0. The van der Waals surface area contributed by atoms with Gasteiger partial charge in [-0.1, -0.05) is 24.4 Å². The molecule has 2 heterocycles. The Morgan fingerprint density at radius 2 is 1.81 bits per heavy atom. The number of rotatable bonds is 8. The first-order valence-electron chi connectivity index (χ1n) is 9.00. The van der Waals surface area contributed by atoms with Crippen molar-refractivity contribution in [1.82, 2.24) is 9.88 Å². The van der Waals surface area contributed by atoms with Gasteiger partial charge in [0.15, 0.2) is 0 Å². The van der Waals surface area contributed by atoms with Crippen LogP contribution in [0, 0.1) is 5.92 Å². The number of hydrogen-bond acceptors (Lipinski definition) is 4. The van der Waals surface area contributed by atoms with Crippen molar-refractivity contribution in [2.24, 2.45) is 11.7 Å². The summed E-state index contributed by atoms with van der Waals surface area (Å²) in [5.74, 6) is 0.589. The number of likely N-dealkylation sites (tertiary alicyclic amines) is 1. The Labute approximate surface area is 178 Å². The number of pyridine rings is 1. The molecule has 2 rings (SSSR count). The van der Waals surface area contributed by atoms with Crippen LogP contribution in [0.5, 0.6) is 0 Å². The number of anilines is 1. The number of hydrogen-bond donors (Lipinski definition) is 2. The lowest BCUT2D eigenvalue weighted by molar-refractivity contribution is -0.134. The minimum Gasteiger partial charge on any atom is -0.343 e. The molecule has 154 valence electrons. The zero-order chi connectivity index (χ0) is 18.1. The number of aromatic nitrogens is 1. The molecular formula is C18H29Cl3N4O2. The van der Waals surface area contributed by atoms with Gasteiger partial charge in [-0.05, 0) is 44.4 Å². The van der Waals surface area contributed by atoms with E-state index in [1.165, 1.54) is 6.20 Å². The maximum atomic E-state index is 12.3. The number of nitrogens with two attached hydrogens (primary N) is 1. The third kappa shape index (κ3) is 9.10. The van der Waals surface area contributed by atoms with Crippen LogP contribution in [0.15, 0.2) is 18.3 Å². The summed E-state index contributed by atoms with van der Waals surface area (Å²) < 4.78 is 0. The van der Waals surface area contributed by atoms with E-state index in [0.29, 0.717) is 43.2 Å². The Morgan fingerprint density at radius 1 is 1.15 bits per heavy atom. The molecule has 9 heteroatoms. The molecule has 2 amide bonds. The molecule has 3 N–H and O–H groups in total. The molecule has 1 aromatic rings. The van der Waals surface area contributed by atoms with Crippen LogP contribution in [0.1, 0.15) is 44.9 Å². The lowest BCUT2D eigenvalue weighted by atomic mass is 9.95. The van der Waals surface area contributed by atoms with Crippen molar-refractivity contribution < 1.29 is 9.59 Å². The highest BCUT2D eigenvalue weighted by molar-refractivity contribution is 6.30. The van der Waals surface area contributed by atoms with Crippen LogP contribution < -0.4 is 11.1 Å². The zero-order valence-corrected chi connectivity index (χ0v) is 17.8. The van der Waals surface area contributed by atoms with Gasteiger partial charge in [0, 0.05) is 31.6 Å². The Hall–Kier alpha value is -1.08. The summed E-state index contributed by atoms with van der Waals surface area (Å²) in [5.41, 5.74) is 5.46. The molecule has 27 heavy (non-hydrogen) atoms. The predicted molar refractivity (Wildman–Crippen MR) is 114 cm³/mol. The molecule has 0 radical (unpaired) electrons. The first-order valence-corrected chi connectivity index (χ1v) is 9.38. The van der Waals surface area contributed by atoms with E-state index < -0.39 is 0 Å². The molecular weight excluding hydrogens is 411 g/mol. The molecule has 0 unspecified atom stereocenters. The van der Waals surface area contributed by atoms with Gasteiger partial charge in [0.1, 0.15) is 5.82 Å². The van der Waals surface area contributed by atoms with E-state index in [2.05, 4.69) is 10.3 Å². The summed E-state index contributed by atoms with van der Waals surface area (Å²) in [4.78, 5) is 30.5. The van der Waals surface area contributed by atoms with E-state index in [1.54, 1.807) is 12.1 Å². The summed E-state index contributed by atoms with van der Waals surface area (Å²) >= 11 is 5.79. The molecule has 0 bridgehead atoms. The molecule has 0 aromatic carbocycles.